The standard InChI is InChI=1S/C19H18F2N6O3/c1-25-16-6-23-26(2)19(16)30-9-15(18(25)29)24-17(28)14-8-27(10-22-14)7-11-3-4-12(20)13(21)5-11/h3-6,8,10,15H,7,9H2,1-2H3,(H,24,28). The first-order chi connectivity index (χ1) is 14.3. The van der Waals surface area contributed by atoms with E-state index in [-0.39, 0.29) is 24.8 Å². The number of benzene rings is 1. The minimum atomic E-state index is -0.947. The molecule has 1 N–H and O–H groups in total. The van der Waals surface area contributed by atoms with Crippen LogP contribution in [0.2, 0.25) is 0 Å². The Morgan fingerprint density at radius 1 is 1.30 bits per heavy atom. The lowest BCUT2D eigenvalue weighted by atomic mass is 10.2. The van der Waals surface area contributed by atoms with Gasteiger partial charge in [0.25, 0.3) is 11.8 Å². The number of halogens is 2. The van der Waals surface area contributed by atoms with E-state index < -0.39 is 23.6 Å². The van der Waals surface area contributed by atoms with Gasteiger partial charge in [-0.25, -0.2) is 18.4 Å². The van der Waals surface area contributed by atoms with Crippen LogP contribution in [0.15, 0.2) is 36.9 Å². The third-order valence-corrected chi connectivity index (χ3v) is 4.76. The highest BCUT2D eigenvalue weighted by Crippen LogP contribution is 2.29. The van der Waals surface area contributed by atoms with Gasteiger partial charge in [0, 0.05) is 26.8 Å². The third-order valence-electron chi connectivity index (χ3n) is 4.76. The molecule has 1 aromatic carbocycles. The predicted octanol–water partition coefficient (Wildman–Crippen LogP) is 1.10. The molecule has 0 spiro atoms. The summed E-state index contributed by atoms with van der Waals surface area (Å²) in [5.74, 6) is -2.35. The topological polar surface area (TPSA) is 94.3 Å². The van der Waals surface area contributed by atoms with E-state index >= 15 is 0 Å². The van der Waals surface area contributed by atoms with Crippen LogP contribution in [0, 0.1) is 11.6 Å². The van der Waals surface area contributed by atoms with Gasteiger partial charge >= 0.3 is 0 Å². The SMILES string of the molecule is CN1C(=O)C(NC(=O)c2cn(Cc3ccc(F)c(F)c3)cn2)COc2c1cnn2C. The zero-order chi connectivity index (χ0) is 21.4. The van der Waals surface area contributed by atoms with E-state index in [1.807, 2.05) is 0 Å². The van der Waals surface area contributed by atoms with Crippen LogP contribution in [0.1, 0.15) is 16.1 Å². The van der Waals surface area contributed by atoms with Crippen molar-refractivity contribution in [1.29, 1.82) is 0 Å². The molecule has 0 fully saturated rings. The maximum absolute atomic E-state index is 13.4. The van der Waals surface area contributed by atoms with Crippen LogP contribution in [-0.4, -0.2) is 50.8 Å². The molecule has 0 saturated heterocycles. The highest BCUT2D eigenvalue weighted by Gasteiger charge is 2.32. The Hall–Kier alpha value is -3.76. The minimum absolute atomic E-state index is 0.0585. The molecule has 30 heavy (non-hydrogen) atoms. The van der Waals surface area contributed by atoms with Gasteiger partial charge in [0.2, 0.25) is 5.88 Å². The van der Waals surface area contributed by atoms with Gasteiger partial charge in [0.15, 0.2) is 11.6 Å². The molecule has 0 bridgehead atoms. The van der Waals surface area contributed by atoms with Gasteiger partial charge < -0.3 is 19.5 Å². The molecule has 9 nitrogen and oxygen atoms in total. The Morgan fingerprint density at radius 3 is 2.87 bits per heavy atom. The first kappa shape index (κ1) is 19.6. The number of amides is 2. The van der Waals surface area contributed by atoms with E-state index in [0.29, 0.717) is 17.1 Å². The van der Waals surface area contributed by atoms with E-state index in [0.717, 1.165) is 12.1 Å². The number of hydrogen-bond acceptors (Lipinski definition) is 5. The van der Waals surface area contributed by atoms with Crippen LogP contribution in [0.25, 0.3) is 0 Å². The number of aromatic nitrogens is 4. The molecule has 1 atom stereocenters. The summed E-state index contributed by atoms with van der Waals surface area (Å²) < 4.78 is 35.1. The van der Waals surface area contributed by atoms with Crippen molar-refractivity contribution < 1.29 is 23.1 Å². The second-order valence-corrected chi connectivity index (χ2v) is 6.87. The molecule has 2 aromatic heterocycles. The summed E-state index contributed by atoms with van der Waals surface area (Å²) >= 11 is 0. The number of rotatable bonds is 4. The number of likely N-dealkylation sites (N-methyl/N-ethyl adjacent to an activating group) is 1. The van der Waals surface area contributed by atoms with Crippen LogP contribution >= 0.6 is 0 Å². The van der Waals surface area contributed by atoms with Crippen molar-refractivity contribution in [3.63, 3.8) is 0 Å². The molecule has 1 unspecified atom stereocenters. The van der Waals surface area contributed by atoms with Gasteiger partial charge in [-0.05, 0) is 17.7 Å². The van der Waals surface area contributed by atoms with Crippen molar-refractivity contribution in [3.05, 3.63) is 59.8 Å². The van der Waals surface area contributed by atoms with Crippen LogP contribution in [-0.2, 0) is 18.4 Å². The fraction of sp³-hybridized carbons (Fsp3) is 0.263. The lowest BCUT2D eigenvalue weighted by Gasteiger charge is -2.19. The van der Waals surface area contributed by atoms with Gasteiger partial charge in [-0.3, -0.25) is 9.59 Å². The van der Waals surface area contributed by atoms with E-state index in [4.69, 9.17) is 4.74 Å². The van der Waals surface area contributed by atoms with E-state index in [2.05, 4.69) is 15.4 Å². The molecule has 11 heteroatoms. The Kier molecular flexibility index (Phi) is 4.94. The monoisotopic (exact) mass is 416 g/mol. The fourth-order valence-electron chi connectivity index (χ4n) is 3.15. The van der Waals surface area contributed by atoms with Crippen molar-refractivity contribution >= 4 is 17.5 Å². The highest BCUT2D eigenvalue weighted by molar-refractivity contribution is 6.02. The summed E-state index contributed by atoms with van der Waals surface area (Å²) in [5.41, 5.74) is 1.10. The smallest absolute Gasteiger partial charge is 0.272 e. The summed E-state index contributed by atoms with van der Waals surface area (Å²) in [4.78, 5) is 30.7. The average molecular weight is 416 g/mol. The zero-order valence-electron chi connectivity index (χ0n) is 16.2. The minimum Gasteiger partial charge on any atom is -0.474 e. The fourth-order valence-corrected chi connectivity index (χ4v) is 3.15. The number of anilines is 1. The number of carbonyl (C=O) groups excluding carboxylic acids is 2. The Balaban J connectivity index is 1.44. The lowest BCUT2D eigenvalue weighted by Crippen LogP contribution is -2.49. The van der Waals surface area contributed by atoms with Gasteiger partial charge in [-0.1, -0.05) is 6.07 Å². The molecule has 0 radical (unpaired) electrons. The average Bonchev–Trinajstić information content (AvgIpc) is 3.31. The maximum Gasteiger partial charge on any atom is 0.272 e. The van der Waals surface area contributed by atoms with Crippen LogP contribution in [0.5, 0.6) is 5.88 Å². The molecule has 3 aromatic rings. The molecular weight excluding hydrogens is 398 g/mol. The number of carbonyl (C=O) groups is 2. The highest BCUT2D eigenvalue weighted by atomic mass is 19.2. The quantitative estimate of drug-likeness (QED) is 0.687. The number of nitrogens with zero attached hydrogens (tertiary/aromatic N) is 5. The molecule has 156 valence electrons. The molecule has 1 aliphatic rings. The van der Waals surface area contributed by atoms with E-state index in [9.17, 15) is 18.4 Å². The summed E-state index contributed by atoms with van der Waals surface area (Å²) in [6.45, 7) is 0.144. The second kappa shape index (κ2) is 7.58. The van der Waals surface area contributed by atoms with Crippen molar-refractivity contribution in [3.8, 4) is 5.88 Å². The van der Waals surface area contributed by atoms with Gasteiger partial charge in [0.05, 0.1) is 12.5 Å². The largest absolute Gasteiger partial charge is 0.474 e. The molecule has 2 amide bonds. The number of ether oxygens (including phenoxy) is 1. The van der Waals surface area contributed by atoms with Gasteiger partial charge in [-0.2, -0.15) is 5.10 Å². The first-order valence-electron chi connectivity index (χ1n) is 9.02. The summed E-state index contributed by atoms with van der Waals surface area (Å²) in [7, 11) is 3.27. The first-order valence-corrected chi connectivity index (χ1v) is 9.02. The van der Waals surface area contributed by atoms with Crippen LogP contribution < -0.4 is 15.0 Å². The number of aryl methyl sites for hydroxylation is 1. The zero-order valence-corrected chi connectivity index (χ0v) is 16.2. The van der Waals surface area contributed by atoms with Crippen molar-refractivity contribution in [2.45, 2.75) is 12.6 Å². The number of fused-ring (bicyclic) bond motifs is 1. The molecule has 4 rings (SSSR count). The Morgan fingerprint density at radius 2 is 2.10 bits per heavy atom. The van der Waals surface area contributed by atoms with Crippen molar-refractivity contribution in [1.82, 2.24) is 24.6 Å². The van der Waals surface area contributed by atoms with Crippen molar-refractivity contribution in [2.24, 2.45) is 7.05 Å². The van der Waals surface area contributed by atoms with Crippen molar-refractivity contribution in [2.75, 3.05) is 18.6 Å². The number of imidazole rings is 1. The molecule has 0 aliphatic carbocycles. The predicted molar refractivity (Wildman–Crippen MR) is 101 cm³/mol. The van der Waals surface area contributed by atoms with Crippen LogP contribution in [0.4, 0.5) is 14.5 Å². The molecule has 1 aliphatic heterocycles. The van der Waals surface area contributed by atoms with E-state index in [1.54, 1.807) is 18.7 Å². The summed E-state index contributed by atoms with van der Waals surface area (Å²) in [5, 5.41) is 6.68. The molecule has 3 heterocycles. The van der Waals surface area contributed by atoms with Gasteiger partial charge in [0.1, 0.15) is 24.0 Å². The molecule has 0 saturated carbocycles. The Bertz CT molecular complexity index is 1130. The Labute approximate surface area is 169 Å². The third kappa shape index (κ3) is 3.61. The number of hydrogen-bond donors (Lipinski definition) is 1. The second-order valence-electron chi connectivity index (χ2n) is 6.87. The van der Waals surface area contributed by atoms with E-state index in [1.165, 1.54) is 34.4 Å². The molecular formula is C19H18F2N6O3. The van der Waals surface area contributed by atoms with Crippen LogP contribution in [0.3, 0.4) is 0 Å². The summed E-state index contributed by atoms with van der Waals surface area (Å²) in [6, 6.07) is 2.66. The lowest BCUT2D eigenvalue weighted by molar-refractivity contribution is -0.120. The summed E-state index contributed by atoms with van der Waals surface area (Å²) in [6.07, 6.45) is 4.37. The maximum atomic E-state index is 13.4. The normalized spacial score (nSPS) is 16.1. The van der Waals surface area contributed by atoms with Gasteiger partial charge in [-0.15, -0.1) is 0 Å². The number of nitrogens with one attached hydrogen (secondary N) is 1.